The predicted molar refractivity (Wildman–Crippen MR) is 189 cm³/mol. The lowest BCUT2D eigenvalue weighted by Gasteiger charge is -2.03. The van der Waals surface area contributed by atoms with Crippen LogP contribution in [0.1, 0.15) is 123 Å². The second-order valence-electron chi connectivity index (χ2n) is 9.63. The third-order valence-corrected chi connectivity index (χ3v) is 5.89. The van der Waals surface area contributed by atoms with Gasteiger partial charge in [-0.15, -0.1) is 0 Å². The van der Waals surface area contributed by atoms with Crippen LogP contribution >= 0.6 is 0 Å². The van der Waals surface area contributed by atoms with Gasteiger partial charge >= 0.3 is 5.97 Å². The van der Waals surface area contributed by atoms with Crippen LogP contribution in [0.3, 0.4) is 0 Å². The van der Waals surface area contributed by atoms with Crippen molar-refractivity contribution in [2.45, 2.75) is 123 Å². The highest BCUT2D eigenvalue weighted by Gasteiger charge is 2.01. The highest BCUT2D eigenvalue weighted by molar-refractivity contribution is 5.70. The summed E-state index contributed by atoms with van der Waals surface area (Å²) in [4.78, 5) is 11.7. The molecule has 228 valence electrons. The van der Waals surface area contributed by atoms with Gasteiger partial charge in [-0.05, 0) is 60.7 Å². The lowest BCUT2D eigenvalue weighted by molar-refractivity contribution is -0.136. The van der Waals surface area contributed by atoms with E-state index in [2.05, 4.69) is 149 Å². The van der Waals surface area contributed by atoms with Gasteiger partial charge in [0.15, 0.2) is 0 Å². The first-order valence-corrected chi connectivity index (χ1v) is 15.9. The van der Waals surface area contributed by atoms with Crippen molar-refractivity contribution in [2.75, 3.05) is 0 Å². The smallest absolute Gasteiger partial charge is 0.319 e. The normalized spacial score (nSPS) is 7.26. The standard InChI is InChI=1S/C44H40O2/c1-3-5-7-9-11-13-15-17-19-21-22-23-24-25-26-27-29-31-33-35-37-39-41-43-46-44(45)42-40-38-36-34-32-30-28-20-18-16-14-12-10-8-6-4-2/h4,6,8,10,12,14,16,18,20,28,30,32,34,36,38,40,42H2,1-2H3. The summed E-state index contributed by atoms with van der Waals surface area (Å²) in [5.41, 5.74) is 0. The maximum atomic E-state index is 11.7. The van der Waals surface area contributed by atoms with Crippen LogP contribution in [0.25, 0.3) is 0 Å². The molecule has 0 rings (SSSR count). The summed E-state index contributed by atoms with van der Waals surface area (Å²) in [6, 6.07) is 0. The highest BCUT2D eigenvalue weighted by Crippen LogP contribution is 2.14. The number of carbonyl (C=O) groups is 1. The first kappa shape index (κ1) is 40.2. The van der Waals surface area contributed by atoms with Gasteiger partial charge in [-0.3, -0.25) is 4.79 Å². The molecule has 0 fully saturated rings. The second-order valence-corrected chi connectivity index (χ2v) is 9.63. The summed E-state index contributed by atoms with van der Waals surface area (Å²) in [6.07, 6.45) is 23.4. The zero-order valence-electron chi connectivity index (χ0n) is 27.3. The number of carbonyl (C=O) groups excluding carboxylic acids is 1. The molecule has 2 nitrogen and oxygen atoms in total. The molecule has 0 aromatic carbocycles. The van der Waals surface area contributed by atoms with E-state index in [1.807, 2.05) is 0 Å². The molecular weight excluding hydrogens is 560 g/mol. The predicted octanol–water partition coefficient (Wildman–Crippen LogP) is 7.20. The molecule has 0 aliphatic carbocycles. The fourth-order valence-corrected chi connectivity index (χ4v) is 3.66. The van der Waals surface area contributed by atoms with Crippen molar-refractivity contribution in [3.8, 4) is 142 Å². The van der Waals surface area contributed by atoms with E-state index >= 15 is 0 Å². The van der Waals surface area contributed by atoms with Gasteiger partial charge in [-0.1, -0.05) is 109 Å². The summed E-state index contributed by atoms with van der Waals surface area (Å²) in [5, 5.41) is 0. The van der Waals surface area contributed by atoms with E-state index in [0.717, 1.165) is 19.3 Å². The van der Waals surface area contributed by atoms with Crippen LogP contribution in [0.15, 0.2) is 0 Å². The molecule has 0 aromatic heterocycles. The van der Waals surface area contributed by atoms with Crippen molar-refractivity contribution in [2.24, 2.45) is 0 Å². The largest absolute Gasteiger partial charge is 0.371 e. The quantitative estimate of drug-likeness (QED) is 0.100. The van der Waals surface area contributed by atoms with Crippen molar-refractivity contribution in [1.29, 1.82) is 0 Å². The van der Waals surface area contributed by atoms with Crippen LogP contribution < -0.4 is 0 Å². The molecule has 0 heterocycles. The molecule has 0 aliphatic heterocycles. The van der Waals surface area contributed by atoms with Gasteiger partial charge in [0.25, 0.3) is 0 Å². The third kappa shape index (κ3) is 36.2. The molecule has 2 heteroatoms. The summed E-state index contributed by atoms with van der Waals surface area (Å²) < 4.78 is 4.87. The van der Waals surface area contributed by atoms with Gasteiger partial charge in [0, 0.05) is 89.3 Å². The molecule has 0 bridgehead atoms. The molecule has 0 aromatic rings. The van der Waals surface area contributed by atoms with E-state index < -0.39 is 0 Å². The minimum absolute atomic E-state index is 0.326. The SMILES string of the molecule is CC#CC#CC#CC#CC#CC#CC#CC#CC#CC#CC#CC#COC(=O)CCCCCCCCCCCCCCCCCC. The fraction of sp³-hybridized carbons (Fsp3) is 0.432. The van der Waals surface area contributed by atoms with Crippen molar-refractivity contribution in [1.82, 2.24) is 0 Å². The molecule has 0 aliphatic rings. The first-order chi connectivity index (χ1) is 22.8. The van der Waals surface area contributed by atoms with E-state index in [-0.39, 0.29) is 5.97 Å². The molecule has 0 N–H and O–H groups in total. The van der Waals surface area contributed by atoms with Crippen LogP contribution in [0.2, 0.25) is 0 Å². The van der Waals surface area contributed by atoms with E-state index in [0.29, 0.717) is 6.42 Å². The summed E-state index contributed by atoms with van der Waals surface area (Å²) >= 11 is 0. The third-order valence-electron chi connectivity index (χ3n) is 5.89. The Morgan fingerprint density at radius 1 is 0.370 bits per heavy atom. The van der Waals surface area contributed by atoms with Gasteiger partial charge in [-0.2, -0.15) is 0 Å². The number of hydrogen-bond donors (Lipinski definition) is 0. The Kier molecular flexibility index (Phi) is 32.5. The van der Waals surface area contributed by atoms with E-state index in [1.165, 1.54) is 83.5 Å². The Balaban J connectivity index is 3.91. The minimum Gasteiger partial charge on any atom is -0.371 e. The fourth-order valence-electron chi connectivity index (χ4n) is 3.66. The maximum absolute atomic E-state index is 11.7. The van der Waals surface area contributed by atoms with Crippen LogP contribution in [0, 0.1) is 142 Å². The van der Waals surface area contributed by atoms with Crippen molar-refractivity contribution in [3.63, 3.8) is 0 Å². The first-order valence-electron chi connectivity index (χ1n) is 15.9. The van der Waals surface area contributed by atoms with E-state index in [1.54, 1.807) is 6.92 Å². The Hall–Kier alpha value is -5.81. The Bertz CT molecular complexity index is 1700. The molecule has 0 amide bonds. The van der Waals surface area contributed by atoms with Gasteiger partial charge in [-0.25, -0.2) is 0 Å². The molecule has 0 saturated carbocycles. The Morgan fingerprint density at radius 2 is 0.630 bits per heavy atom. The monoisotopic (exact) mass is 600 g/mol. The molecule has 46 heavy (non-hydrogen) atoms. The van der Waals surface area contributed by atoms with Crippen LogP contribution in [-0.2, 0) is 9.53 Å². The number of rotatable bonds is 17. The molecule has 0 radical (unpaired) electrons. The van der Waals surface area contributed by atoms with Crippen LogP contribution in [0.4, 0.5) is 0 Å². The van der Waals surface area contributed by atoms with Gasteiger partial charge in [0.05, 0.1) is 0 Å². The summed E-state index contributed by atoms with van der Waals surface area (Å²) in [6.45, 7) is 3.96. The number of esters is 1. The van der Waals surface area contributed by atoms with Crippen molar-refractivity contribution >= 4 is 5.97 Å². The molecule has 0 spiro atoms. The Morgan fingerprint density at radius 3 is 0.935 bits per heavy atom. The average Bonchev–Trinajstić information content (AvgIpc) is 3.06. The molecule has 0 saturated heterocycles. The number of unbranched alkanes of at least 4 members (excludes halogenated alkanes) is 15. The Labute approximate surface area is 280 Å². The molecule has 0 atom stereocenters. The molecule has 0 unspecified atom stereocenters. The van der Waals surface area contributed by atoms with Gasteiger partial charge < -0.3 is 4.74 Å². The van der Waals surface area contributed by atoms with Crippen molar-refractivity contribution in [3.05, 3.63) is 0 Å². The van der Waals surface area contributed by atoms with E-state index in [9.17, 15) is 4.79 Å². The zero-order chi connectivity index (χ0) is 33.3. The topological polar surface area (TPSA) is 26.3 Å². The lowest BCUT2D eigenvalue weighted by atomic mass is 10.0. The van der Waals surface area contributed by atoms with Gasteiger partial charge in [0.2, 0.25) is 0 Å². The lowest BCUT2D eigenvalue weighted by Crippen LogP contribution is -1.99. The summed E-state index contributed by atoms with van der Waals surface area (Å²) in [7, 11) is 0. The average molecular weight is 601 g/mol. The highest BCUT2D eigenvalue weighted by atomic mass is 16.5. The number of ether oxygens (including phenoxy) is 1. The van der Waals surface area contributed by atoms with Crippen LogP contribution in [0.5, 0.6) is 0 Å². The van der Waals surface area contributed by atoms with Gasteiger partial charge in [0.1, 0.15) is 6.11 Å². The number of hydrogen-bond acceptors (Lipinski definition) is 2. The zero-order valence-corrected chi connectivity index (χ0v) is 27.3. The second kappa shape index (κ2) is 37.2. The van der Waals surface area contributed by atoms with E-state index in [4.69, 9.17) is 4.74 Å². The van der Waals surface area contributed by atoms with Crippen LogP contribution in [-0.4, -0.2) is 5.97 Å². The minimum atomic E-state index is -0.326. The summed E-state index contributed by atoms with van der Waals surface area (Å²) in [5.74, 6) is 57.7. The van der Waals surface area contributed by atoms with Crippen molar-refractivity contribution < 1.29 is 9.53 Å². The maximum Gasteiger partial charge on any atom is 0.319 e. The molecular formula is C44H40O2.